The van der Waals surface area contributed by atoms with Gasteiger partial charge >= 0.3 is 5.97 Å². The summed E-state index contributed by atoms with van der Waals surface area (Å²) in [5.74, 6) is -0.907. The number of ether oxygens (including phenoxy) is 1. The van der Waals surface area contributed by atoms with Crippen molar-refractivity contribution in [3.63, 3.8) is 0 Å². The number of hydrogen-bond donors (Lipinski definition) is 2. The van der Waals surface area contributed by atoms with Crippen molar-refractivity contribution in [1.82, 2.24) is 10.2 Å². The van der Waals surface area contributed by atoms with E-state index in [2.05, 4.69) is 5.32 Å². The molecule has 0 aromatic heterocycles. The van der Waals surface area contributed by atoms with Crippen LogP contribution in [0.25, 0.3) is 0 Å². The van der Waals surface area contributed by atoms with Gasteiger partial charge in [0.05, 0.1) is 13.2 Å². The Morgan fingerprint density at radius 2 is 2.15 bits per heavy atom. The van der Waals surface area contributed by atoms with Crippen LogP contribution in [0.5, 0.6) is 0 Å². The summed E-state index contributed by atoms with van der Waals surface area (Å²) in [6.07, 6.45) is 0. The molecular weight excluding hydrogens is 192 g/mol. The van der Waals surface area contributed by atoms with Crippen LogP contribution in [0, 0.1) is 0 Å². The molecule has 0 saturated carbocycles. The molecule has 13 heavy (non-hydrogen) atoms. The second kappa shape index (κ2) is 4.98. The number of carboxylic acid groups (broad SMARTS) is 1. The topological polar surface area (TPSA) is 61.8 Å². The molecule has 0 aromatic rings. The van der Waals surface area contributed by atoms with Crippen molar-refractivity contribution >= 4 is 23.3 Å². The fraction of sp³-hybridized carbons (Fsp3) is 0.714. The van der Waals surface area contributed by atoms with Gasteiger partial charge in [-0.05, 0) is 12.2 Å². The summed E-state index contributed by atoms with van der Waals surface area (Å²) in [4.78, 5) is 12.1. The van der Waals surface area contributed by atoms with E-state index in [9.17, 15) is 4.79 Å². The summed E-state index contributed by atoms with van der Waals surface area (Å²) in [6, 6.07) is 0. The molecule has 6 heteroatoms. The van der Waals surface area contributed by atoms with E-state index in [4.69, 9.17) is 22.1 Å². The van der Waals surface area contributed by atoms with Gasteiger partial charge in [-0.1, -0.05) is 0 Å². The van der Waals surface area contributed by atoms with Crippen molar-refractivity contribution in [3.8, 4) is 0 Å². The van der Waals surface area contributed by atoms with Crippen LogP contribution in [0.4, 0.5) is 0 Å². The van der Waals surface area contributed by atoms with Gasteiger partial charge in [0.15, 0.2) is 5.11 Å². The molecule has 0 spiro atoms. The highest BCUT2D eigenvalue weighted by Gasteiger charge is 2.13. The summed E-state index contributed by atoms with van der Waals surface area (Å²) in [6.45, 7) is 2.62. The maximum absolute atomic E-state index is 10.2. The van der Waals surface area contributed by atoms with E-state index >= 15 is 0 Å². The van der Waals surface area contributed by atoms with Crippen LogP contribution in [0.2, 0.25) is 0 Å². The molecule has 1 heterocycles. The van der Waals surface area contributed by atoms with Crippen LogP contribution in [0.3, 0.4) is 0 Å². The van der Waals surface area contributed by atoms with Gasteiger partial charge in [-0.2, -0.15) is 0 Å². The molecule has 1 aliphatic heterocycles. The third kappa shape index (κ3) is 3.56. The number of morpholine rings is 1. The molecule has 1 aliphatic rings. The molecule has 1 rings (SSSR count). The van der Waals surface area contributed by atoms with Gasteiger partial charge in [-0.25, -0.2) is 0 Å². The number of hydrogen-bond acceptors (Lipinski definition) is 3. The highest BCUT2D eigenvalue weighted by atomic mass is 32.1. The molecule has 0 amide bonds. The van der Waals surface area contributed by atoms with Crippen molar-refractivity contribution in [2.24, 2.45) is 0 Å². The van der Waals surface area contributed by atoms with E-state index in [1.54, 1.807) is 0 Å². The molecule has 2 N–H and O–H groups in total. The second-order valence-corrected chi connectivity index (χ2v) is 3.04. The number of carbonyl (C=O) groups is 1. The number of nitrogens with zero attached hydrogens (tertiary/aromatic N) is 1. The number of carboxylic acids is 1. The van der Waals surface area contributed by atoms with E-state index in [0.29, 0.717) is 18.3 Å². The number of thiocarbonyl (C=S) groups is 1. The van der Waals surface area contributed by atoms with Gasteiger partial charge in [0.1, 0.15) is 6.54 Å². The SMILES string of the molecule is O=C(O)CNC(=S)N1CCOCC1. The van der Waals surface area contributed by atoms with E-state index < -0.39 is 5.97 Å². The zero-order valence-corrected chi connectivity index (χ0v) is 7.97. The third-order valence-corrected chi connectivity index (χ3v) is 2.09. The van der Waals surface area contributed by atoms with Gasteiger partial charge in [0.2, 0.25) is 0 Å². The van der Waals surface area contributed by atoms with Crippen molar-refractivity contribution in [2.45, 2.75) is 0 Å². The molecule has 1 saturated heterocycles. The first-order chi connectivity index (χ1) is 6.20. The highest BCUT2D eigenvalue weighted by molar-refractivity contribution is 7.80. The average molecular weight is 204 g/mol. The molecule has 0 atom stereocenters. The molecule has 1 fully saturated rings. The molecule has 0 bridgehead atoms. The number of aliphatic carboxylic acids is 1. The molecule has 74 valence electrons. The van der Waals surface area contributed by atoms with Crippen LogP contribution in [0.1, 0.15) is 0 Å². The van der Waals surface area contributed by atoms with E-state index in [1.165, 1.54) is 0 Å². The summed E-state index contributed by atoms with van der Waals surface area (Å²) in [5, 5.41) is 11.5. The lowest BCUT2D eigenvalue weighted by Crippen LogP contribution is -2.47. The quantitative estimate of drug-likeness (QED) is 0.579. The summed E-state index contributed by atoms with van der Waals surface area (Å²) < 4.78 is 5.13. The minimum Gasteiger partial charge on any atom is -0.480 e. The maximum atomic E-state index is 10.2. The van der Waals surface area contributed by atoms with E-state index in [0.717, 1.165) is 13.1 Å². The summed E-state index contributed by atoms with van der Waals surface area (Å²) in [5.41, 5.74) is 0. The zero-order chi connectivity index (χ0) is 9.68. The van der Waals surface area contributed by atoms with E-state index in [-0.39, 0.29) is 6.54 Å². The molecule has 5 nitrogen and oxygen atoms in total. The Labute approximate surface area is 81.7 Å². The summed E-state index contributed by atoms with van der Waals surface area (Å²) in [7, 11) is 0. The van der Waals surface area contributed by atoms with Crippen molar-refractivity contribution in [1.29, 1.82) is 0 Å². The lowest BCUT2D eigenvalue weighted by molar-refractivity contribution is -0.135. The Hall–Kier alpha value is -0.880. The van der Waals surface area contributed by atoms with Gasteiger partial charge in [-0.15, -0.1) is 0 Å². The Morgan fingerprint density at radius 1 is 1.54 bits per heavy atom. The minimum atomic E-state index is -0.907. The Bertz CT molecular complexity index is 204. The zero-order valence-electron chi connectivity index (χ0n) is 7.15. The Balaban J connectivity index is 2.25. The summed E-state index contributed by atoms with van der Waals surface area (Å²) >= 11 is 4.99. The van der Waals surface area contributed by atoms with Crippen LogP contribution in [-0.4, -0.2) is 53.9 Å². The maximum Gasteiger partial charge on any atom is 0.322 e. The van der Waals surface area contributed by atoms with Crippen LogP contribution in [0.15, 0.2) is 0 Å². The largest absolute Gasteiger partial charge is 0.480 e. The fourth-order valence-electron chi connectivity index (χ4n) is 1.03. The lowest BCUT2D eigenvalue weighted by atomic mass is 10.4. The van der Waals surface area contributed by atoms with Crippen LogP contribution in [-0.2, 0) is 9.53 Å². The van der Waals surface area contributed by atoms with Crippen molar-refractivity contribution in [3.05, 3.63) is 0 Å². The van der Waals surface area contributed by atoms with E-state index in [1.807, 2.05) is 4.90 Å². The normalized spacial score (nSPS) is 16.8. The van der Waals surface area contributed by atoms with Crippen LogP contribution >= 0.6 is 12.2 Å². The first-order valence-corrected chi connectivity index (χ1v) is 4.43. The van der Waals surface area contributed by atoms with Gasteiger partial charge < -0.3 is 20.1 Å². The molecule has 0 radical (unpaired) electrons. The standard InChI is InChI=1S/C7H12N2O3S/c10-6(11)5-8-7(13)9-1-3-12-4-2-9/h1-5H2,(H,8,13)(H,10,11). The number of nitrogens with one attached hydrogen (secondary N) is 1. The monoisotopic (exact) mass is 204 g/mol. The van der Waals surface area contributed by atoms with Gasteiger partial charge in [0.25, 0.3) is 0 Å². The van der Waals surface area contributed by atoms with Crippen LogP contribution < -0.4 is 5.32 Å². The Morgan fingerprint density at radius 3 is 2.69 bits per heavy atom. The highest BCUT2D eigenvalue weighted by Crippen LogP contribution is 1.96. The molecule has 0 unspecified atom stereocenters. The number of rotatable bonds is 2. The molecule has 0 aliphatic carbocycles. The lowest BCUT2D eigenvalue weighted by Gasteiger charge is -2.28. The Kier molecular flexibility index (Phi) is 3.91. The first-order valence-electron chi connectivity index (χ1n) is 4.02. The van der Waals surface area contributed by atoms with Crippen molar-refractivity contribution in [2.75, 3.05) is 32.8 Å². The van der Waals surface area contributed by atoms with Gasteiger partial charge in [-0.3, -0.25) is 4.79 Å². The van der Waals surface area contributed by atoms with Crippen molar-refractivity contribution < 1.29 is 14.6 Å². The molecular formula is C7H12N2O3S. The second-order valence-electron chi connectivity index (χ2n) is 2.65. The third-order valence-electron chi connectivity index (χ3n) is 1.69. The smallest absolute Gasteiger partial charge is 0.322 e. The molecule has 0 aromatic carbocycles. The predicted molar refractivity (Wildman–Crippen MR) is 50.6 cm³/mol. The predicted octanol–water partition coefficient (Wildman–Crippen LogP) is -0.722. The fourth-order valence-corrected chi connectivity index (χ4v) is 1.28. The minimum absolute atomic E-state index is 0.129. The first kappa shape index (κ1) is 10.2. The average Bonchev–Trinajstić information content (AvgIpc) is 2.15. The van der Waals surface area contributed by atoms with Gasteiger partial charge in [0, 0.05) is 13.1 Å².